The van der Waals surface area contributed by atoms with Gasteiger partial charge in [-0.3, -0.25) is 14.4 Å². The summed E-state index contributed by atoms with van der Waals surface area (Å²) in [5, 5.41) is 12.6. The van der Waals surface area contributed by atoms with E-state index in [1.807, 2.05) is 0 Å². The maximum absolute atomic E-state index is 12.2. The highest BCUT2D eigenvalue weighted by Crippen LogP contribution is 2.29. The number of benzene rings is 2. The summed E-state index contributed by atoms with van der Waals surface area (Å²) in [5.74, 6) is -0.774. The van der Waals surface area contributed by atoms with Crippen LogP contribution in [0, 0.1) is 13.8 Å². The van der Waals surface area contributed by atoms with Crippen molar-refractivity contribution < 1.29 is 29.0 Å². The molecule has 0 radical (unpaired) electrons. The van der Waals surface area contributed by atoms with E-state index in [1.165, 1.54) is 19.9 Å². The van der Waals surface area contributed by atoms with Crippen molar-refractivity contribution in [2.75, 3.05) is 5.32 Å². The van der Waals surface area contributed by atoms with Crippen LogP contribution < -0.4 is 14.8 Å². The number of phenols is 1. The van der Waals surface area contributed by atoms with Gasteiger partial charge in [0.15, 0.2) is 11.5 Å². The first-order valence-corrected chi connectivity index (χ1v) is 8.75. The van der Waals surface area contributed by atoms with Crippen LogP contribution in [0.25, 0.3) is 0 Å². The Balaban J connectivity index is 2.05. The van der Waals surface area contributed by atoms with E-state index in [4.69, 9.17) is 9.47 Å². The predicted molar refractivity (Wildman–Crippen MR) is 104 cm³/mol. The SMILES string of the molecule is CC(=O)Oc1ccc(CCC(=O)Nc2cc(C)c(O)c(C)c2)cc1OC(C)=O. The van der Waals surface area contributed by atoms with Gasteiger partial charge in [-0.25, -0.2) is 0 Å². The van der Waals surface area contributed by atoms with Crippen molar-refractivity contribution >= 4 is 23.5 Å². The number of aryl methyl sites for hydroxylation is 3. The Kier molecular flexibility index (Phi) is 6.76. The van der Waals surface area contributed by atoms with Crippen molar-refractivity contribution in [1.82, 2.24) is 0 Å². The van der Waals surface area contributed by atoms with Gasteiger partial charge in [0.25, 0.3) is 0 Å². The fraction of sp³-hybridized carbons (Fsp3) is 0.286. The first kappa shape index (κ1) is 21.0. The van der Waals surface area contributed by atoms with Crippen LogP contribution in [-0.4, -0.2) is 23.0 Å². The Morgan fingerprint density at radius 2 is 1.50 bits per heavy atom. The zero-order chi connectivity index (χ0) is 20.8. The minimum Gasteiger partial charge on any atom is -0.507 e. The smallest absolute Gasteiger partial charge is 0.308 e. The third-order valence-corrected chi connectivity index (χ3v) is 3.93. The second-order valence-electron chi connectivity index (χ2n) is 6.48. The lowest BCUT2D eigenvalue weighted by atomic mass is 10.1. The molecule has 0 spiro atoms. The quantitative estimate of drug-likeness (QED) is 0.449. The molecule has 7 nitrogen and oxygen atoms in total. The van der Waals surface area contributed by atoms with Crippen LogP contribution in [0.5, 0.6) is 17.2 Å². The van der Waals surface area contributed by atoms with E-state index in [1.54, 1.807) is 38.1 Å². The van der Waals surface area contributed by atoms with Gasteiger partial charge < -0.3 is 19.9 Å². The van der Waals surface area contributed by atoms with Gasteiger partial charge in [-0.2, -0.15) is 0 Å². The second kappa shape index (κ2) is 9.03. The Morgan fingerprint density at radius 3 is 2.07 bits per heavy atom. The number of rotatable bonds is 6. The Hall–Kier alpha value is -3.35. The molecule has 28 heavy (non-hydrogen) atoms. The molecule has 1 amide bonds. The largest absolute Gasteiger partial charge is 0.507 e. The van der Waals surface area contributed by atoms with Crippen LogP contribution in [0.2, 0.25) is 0 Å². The average molecular weight is 385 g/mol. The van der Waals surface area contributed by atoms with Crippen LogP contribution in [0.3, 0.4) is 0 Å². The molecule has 0 fully saturated rings. The van der Waals surface area contributed by atoms with Crippen molar-refractivity contribution in [3.8, 4) is 17.2 Å². The molecule has 2 rings (SSSR count). The monoisotopic (exact) mass is 385 g/mol. The highest BCUT2D eigenvalue weighted by molar-refractivity contribution is 5.91. The van der Waals surface area contributed by atoms with E-state index >= 15 is 0 Å². The lowest BCUT2D eigenvalue weighted by molar-refractivity contribution is -0.134. The van der Waals surface area contributed by atoms with Crippen LogP contribution in [-0.2, 0) is 20.8 Å². The number of aromatic hydroxyl groups is 1. The van der Waals surface area contributed by atoms with Gasteiger partial charge in [0, 0.05) is 26.0 Å². The third-order valence-electron chi connectivity index (χ3n) is 3.93. The molecule has 0 aliphatic heterocycles. The van der Waals surface area contributed by atoms with E-state index in [9.17, 15) is 19.5 Å². The standard InChI is InChI=1S/C21H23NO6/c1-12-9-17(10-13(2)21(12)26)22-20(25)8-6-16-5-7-18(27-14(3)23)19(11-16)28-15(4)24/h5,7,9-11,26H,6,8H2,1-4H3,(H,22,25). The van der Waals surface area contributed by atoms with Gasteiger partial charge in [0.2, 0.25) is 5.91 Å². The number of amides is 1. The average Bonchev–Trinajstić information content (AvgIpc) is 2.59. The molecular formula is C21H23NO6. The summed E-state index contributed by atoms with van der Waals surface area (Å²) in [6.07, 6.45) is 0.599. The lowest BCUT2D eigenvalue weighted by Crippen LogP contribution is -2.13. The van der Waals surface area contributed by atoms with E-state index in [0.717, 1.165) is 5.56 Å². The molecule has 0 unspecified atom stereocenters. The van der Waals surface area contributed by atoms with Gasteiger partial charge in [-0.1, -0.05) is 6.07 Å². The maximum atomic E-state index is 12.2. The normalized spacial score (nSPS) is 10.3. The van der Waals surface area contributed by atoms with Crippen molar-refractivity contribution in [1.29, 1.82) is 0 Å². The summed E-state index contributed by atoms with van der Waals surface area (Å²) in [5.41, 5.74) is 2.73. The number of nitrogens with one attached hydrogen (secondary N) is 1. The first-order valence-electron chi connectivity index (χ1n) is 8.75. The third kappa shape index (κ3) is 5.84. The summed E-state index contributed by atoms with van der Waals surface area (Å²) in [4.78, 5) is 34.7. The lowest BCUT2D eigenvalue weighted by Gasteiger charge is -2.11. The zero-order valence-corrected chi connectivity index (χ0v) is 16.3. The molecule has 0 saturated carbocycles. The summed E-state index contributed by atoms with van der Waals surface area (Å²) < 4.78 is 10.1. The van der Waals surface area contributed by atoms with Crippen molar-refractivity contribution in [2.45, 2.75) is 40.5 Å². The summed E-state index contributed by atoms with van der Waals surface area (Å²) >= 11 is 0. The van der Waals surface area contributed by atoms with Crippen LogP contribution >= 0.6 is 0 Å². The molecule has 0 aliphatic rings. The molecule has 0 aliphatic carbocycles. The van der Waals surface area contributed by atoms with Crippen molar-refractivity contribution in [3.05, 3.63) is 47.0 Å². The van der Waals surface area contributed by atoms with Crippen LogP contribution in [0.4, 0.5) is 5.69 Å². The highest BCUT2D eigenvalue weighted by Gasteiger charge is 2.13. The summed E-state index contributed by atoms with van der Waals surface area (Å²) in [6, 6.07) is 8.20. The van der Waals surface area contributed by atoms with Gasteiger partial charge in [0.1, 0.15) is 5.75 Å². The fourth-order valence-corrected chi connectivity index (χ4v) is 2.69. The number of ether oxygens (including phenoxy) is 2. The molecule has 0 bridgehead atoms. The van der Waals surface area contributed by atoms with E-state index in [2.05, 4.69) is 5.32 Å². The molecule has 2 aromatic rings. The Morgan fingerprint density at radius 1 is 0.929 bits per heavy atom. The van der Waals surface area contributed by atoms with Crippen molar-refractivity contribution in [2.24, 2.45) is 0 Å². The Bertz CT molecular complexity index is 896. The highest BCUT2D eigenvalue weighted by atomic mass is 16.6. The number of carbonyl (C=O) groups excluding carboxylic acids is 3. The zero-order valence-electron chi connectivity index (χ0n) is 16.3. The van der Waals surface area contributed by atoms with Gasteiger partial charge in [0.05, 0.1) is 0 Å². The first-order chi connectivity index (χ1) is 13.2. The van der Waals surface area contributed by atoms with Gasteiger partial charge in [-0.05, 0) is 61.2 Å². The maximum Gasteiger partial charge on any atom is 0.308 e. The molecule has 2 aromatic carbocycles. The predicted octanol–water partition coefficient (Wildman–Crippen LogP) is 3.43. The Labute approximate surface area is 163 Å². The second-order valence-corrected chi connectivity index (χ2v) is 6.48. The number of phenolic OH excluding ortho intramolecular Hbond substituents is 1. The van der Waals surface area contributed by atoms with E-state index in [-0.39, 0.29) is 29.6 Å². The summed E-state index contributed by atoms with van der Waals surface area (Å²) in [7, 11) is 0. The molecule has 148 valence electrons. The summed E-state index contributed by atoms with van der Waals surface area (Å²) in [6.45, 7) is 6.03. The fourth-order valence-electron chi connectivity index (χ4n) is 2.69. The van der Waals surface area contributed by atoms with E-state index in [0.29, 0.717) is 23.2 Å². The minimum absolute atomic E-state index is 0.130. The van der Waals surface area contributed by atoms with E-state index < -0.39 is 11.9 Å². The minimum atomic E-state index is -0.540. The number of anilines is 1. The molecule has 0 saturated heterocycles. The topological polar surface area (TPSA) is 102 Å². The molecular weight excluding hydrogens is 362 g/mol. The number of hydrogen-bond donors (Lipinski definition) is 2. The number of hydrogen-bond acceptors (Lipinski definition) is 6. The van der Waals surface area contributed by atoms with Gasteiger partial charge >= 0.3 is 11.9 Å². The van der Waals surface area contributed by atoms with Crippen molar-refractivity contribution in [3.63, 3.8) is 0 Å². The number of esters is 2. The number of carbonyl (C=O) groups is 3. The molecule has 0 heterocycles. The van der Waals surface area contributed by atoms with Crippen LogP contribution in [0.15, 0.2) is 30.3 Å². The van der Waals surface area contributed by atoms with Crippen LogP contribution in [0.1, 0.15) is 37.0 Å². The molecule has 7 heteroatoms. The molecule has 2 N–H and O–H groups in total. The molecule has 0 aromatic heterocycles. The molecule has 0 atom stereocenters. The van der Waals surface area contributed by atoms with Gasteiger partial charge in [-0.15, -0.1) is 0 Å².